The van der Waals surface area contributed by atoms with Crippen molar-refractivity contribution in [1.29, 1.82) is 0 Å². The molecule has 110 valence electrons. The van der Waals surface area contributed by atoms with E-state index in [-0.39, 0.29) is 18.8 Å². The number of aliphatic carboxylic acids is 1. The van der Waals surface area contributed by atoms with E-state index in [1.54, 1.807) is 14.0 Å². The fourth-order valence-corrected chi connectivity index (χ4v) is 2.11. The van der Waals surface area contributed by atoms with Crippen LogP contribution >= 0.6 is 0 Å². The molecule has 20 heavy (non-hydrogen) atoms. The Morgan fingerprint density at radius 2 is 2.15 bits per heavy atom. The molecule has 0 aromatic carbocycles. The van der Waals surface area contributed by atoms with Crippen molar-refractivity contribution in [2.24, 2.45) is 15.9 Å². The highest BCUT2D eigenvalue weighted by Gasteiger charge is 2.40. The Morgan fingerprint density at radius 1 is 1.50 bits per heavy atom. The van der Waals surface area contributed by atoms with Crippen molar-refractivity contribution in [1.82, 2.24) is 4.90 Å². The smallest absolute Gasteiger partial charge is 0.327 e. The largest absolute Gasteiger partial charge is 0.480 e. The number of carbonyl (C=O) groups is 3. The number of carbonyl (C=O) groups excluding carboxylic acids is 2. The molecular weight excluding hydrogens is 262 g/mol. The van der Waals surface area contributed by atoms with Crippen LogP contribution in [0, 0.1) is 5.92 Å². The molecule has 1 saturated heterocycles. The number of piperidine rings is 1. The number of likely N-dealkylation sites (tertiary alicyclic amines) is 1. The number of hydrogen-bond acceptors (Lipinski definition) is 5. The quantitative estimate of drug-likeness (QED) is 0.582. The van der Waals surface area contributed by atoms with Gasteiger partial charge in [-0.1, -0.05) is 6.92 Å². The Bertz CT molecular complexity index is 470. The van der Waals surface area contributed by atoms with E-state index in [0.717, 1.165) is 4.90 Å². The number of imide groups is 1. The van der Waals surface area contributed by atoms with Crippen molar-refractivity contribution in [3.63, 3.8) is 0 Å². The maximum Gasteiger partial charge on any atom is 0.327 e. The number of nitrogens with zero attached hydrogens (tertiary/aromatic N) is 3. The number of rotatable bonds is 5. The molecular formula is C13H19N3O4. The summed E-state index contributed by atoms with van der Waals surface area (Å²) in [6.45, 7) is 1.70. The van der Waals surface area contributed by atoms with Crippen LogP contribution in [0.1, 0.15) is 26.2 Å². The molecule has 0 aromatic heterocycles. The van der Waals surface area contributed by atoms with Crippen molar-refractivity contribution in [2.75, 3.05) is 14.1 Å². The van der Waals surface area contributed by atoms with Crippen molar-refractivity contribution in [3.8, 4) is 0 Å². The molecule has 2 atom stereocenters. The van der Waals surface area contributed by atoms with Gasteiger partial charge in [0.15, 0.2) is 0 Å². The molecule has 0 spiro atoms. The van der Waals surface area contributed by atoms with E-state index in [1.807, 2.05) is 0 Å². The van der Waals surface area contributed by atoms with Gasteiger partial charge in [-0.2, -0.15) is 0 Å². The van der Waals surface area contributed by atoms with Gasteiger partial charge in [0.25, 0.3) is 0 Å². The summed E-state index contributed by atoms with van der Waals surface area (Å²) in [4.78, 5) is 43.9. The highest BCUT2D eigenvalue weighted by Crippen LogP contribution is 2.22. The normalized spacial score (nSPS) is 22.4. The van der Waals surface area contributed by atoms with E-state index in [4.69, 9.17) is 0 Å². The van der Waals surface area contributed by atoms with Crippen LogP contribution < -0.4 is 0 Å². The van der Waals surface area contributed by atoms with Crippen molar-refractivity contribution < 1.29 is 19.5 Å². The van der Waals surface area contributed by atoms with Gasteiger partial charge in [-0.15, -0.1) is 0 Å². The fourth-order valence-electron chi connectivity index (χ4n) is 2.11. The molecule has 0 aromatic rings. The lowest BCUT2D eigenvalue weighted by atomic mass is 9.95. The summed E-state index contributed by atoms with van der Waals surface area (Å²) in [5.41, 5.74) is 0.429. The van der Waals surface area contributed by atoms with Crippen molar-refractivity contribution in [3.05, 3.63) is 0 Å². The van der Waals surface area contributed by atoms with Gasteiger partial charge in [-0.3, -0.25) is 24.5 Å². The monoisotopic (exact) mass is 281 g/mol. The summed E-state index contributed by atoms with van der Waals surface area (Å²) in [5.74, 6) is -2.43. The zero-order valence-corrected chi connectivity index (χ0v) is 11.9. The molecule has 2 amide bonds. The summed E-state index contributed by atoms with van der Waals surface area (Å²) in [7, 11) is 3.05. The molecule has 0 radical (unpaired) electrons. The molecule has 1 aliphatic heterocycles. The molecule has 2 unspecified atom stereocenters. The highest BCUT2D eigenvalue weighted by molar-refractivity contribution is 6.31. The van der Waals surface area contributed by atoms with Crippen LogP contribution in [0.25, 0.3) is 0 Å². The molecule has 1 aliphatic rings. The molecule has 0 aliphatic carbocycles. The minimum Gasteiger partial charge on any atom is -0.480 e. The predicted molar refractivity (Wildman–Crippen MR) is 74.1 cm³/mol. The van der Waals surface area contributed by atoms with E-state index in [0.29, 0.717) is 12.1 Å². The van der Waals surface area contributed by atoms with Crippen molar-refractivity contribution >= 4 is 29.7 Å². The first-order chi connectivity index (χ1) is 9.42. The Morgan fingerprint density at radius 3 is 2.65 bits per heavy atom. The lowest BCUT2D eigenvalue weighted by Gasteiger charge is -2.33. The lowest BCUT2D eigenvalue weighted by molar-refractivity contribution is -0.162. The van der Waals surface area contributed by atoms with Gasteiger partial charge in [0.2, 0.25) is 11.8 Å². The Hall–Kier alpha value is -2.05. The fraction of sp³-hybridized carbons (Fsp3) is 0.615. The first-order valence-electron chi connectivity index (χ1n) is 6.38. The topological polar surface area (TPSA) is 99.4 Å². The maximum atomic E-state index is 12.1. The molecule has 0 bridgehead atoms. The van der Waals surface area contributed by atoms with Gasteiger partial charge in [-0.05, 0) is 6.42 Å². The summed E-state index contributed by atoms with van der Waals surface area (Å²) in [6, 6.07) is -1.23. The minimum absolute atomic E-state index is 0.0344. The second kappa shape index (κ2) is 6.93. The lowest BCUT2D eigenvalue weighted by Crippen LogP contribution is -2.53. The van der Waals surface area contributed by atoms with E-state index in [1.165, 1.54) is 13.3 Å². The summed E-state index contributed by atoms with van der Waals surface area (Å²) >= 11 is 0. The summed E-state index contributed by atoms with van der Waals surface area (Å²) in [5, 5.41) is 9.31. The molecule has 1 rings (SSSR count). The third-order valence-corrected chi connectivity index (χ3v) is 3.28. The van der Waals surface area contributed by atoms with Crippen LogP contribution in [0.2, 0.25) is 0 Å². The molecule has 7 nitrogen and oxygen atoms in total. The average molecular weight is 281 g/mol. The third-order valence-electron chi connectivity index (χ3n) is 3.28. The van der Waals surface area contributed by atoms with E-state index in [2.05, 4.69) is 9.98 Å². The Balaban J connectivity index is 3.03. The predicted octanol–water partition coefficient (Wildman–Crippen LogP) is 0.386. The molecule has 7 heteroatoms. The van der Waals surface area contributed by atoms with Crippen LogP contribution in [0.5, 0.6) is 0 Å². The maximum absolute atomic E-state index is 12.1. The second-order valence-corrected chi connectivity index (χ2v) is 4.70. The number of hydrogen-bond donors (Lipinski definition) is 1. The molecule has 1 heterocycles. The SMILES string of the molecule is CN=CC(CC(C(=O)O)N1C(=O)CCC(C)C1=O)=NC. The average Bonchev–Trinajstić information content (AvgIpc) is 2.40. The third kappa shape index (κ3) is 3.49. The van der Waals surface area contributed by atoms with Gasteiger partial charge in [-0.25, -0.2) is 4.79 Å². The summed E-state index contributed by atoms with van der Waals surface area (Å²) in [6.07, 6.45) is 2.05. The zero-order valence-electron chi connectivity index (χ0n) is 11.9. The van der Waals surface area contributed by atoms with Gasteiger partial charge in [0.1, 0.15) is 6.04 Å². The van der Waals surface area contributed by atoms with Crippen LogP contribution in [-0.4, -0.2) is 59.9 Å². The number of amides is 2. The van der Waals surface area contributed by atoms with Gasteiger partial charge in [0, 0.05) is 39.1 Å². The Labute approximate surface area is 117 Å². The minimum atomic E-state index is -1.23. The Kier molecular flexibility index (Phi) is 5.54. The highest BCUT2D eigenvalue weighted by atomic mass is 16.4. The standard InChI is InChI=1S/C13H19N3O4/c1-8-4-5-11(17)16(12(8)18)10(13(19)20)6-9(15-3)7-14-2/h7-8,10H,4-6H2,1-3H3,(H,19,20). The van der Waals surface area contributed by atoms with E-state index >= 15 is 0 Å². The second-order valence-electron chi connectivity index (χ2n) is 4.70. The first kappa shape index (κ1) is 16.0. The molecule has 1 N–H and O–H groups in total. The van der Waals surface area contributed by atoms with Gasteiger partial charge in [0.05, 0.1) is 5.71 Å². The number of carboxylic acids is 1. The summed E-state index contributed by atoms with van der Waals surface area (Å²) < 4.78 is 0. The number of carboxylic acid groups (broad SMARTS) is 1. The van der Waals surface area contributed by atoms with Crippen LogP contribution in [0.3, 0.4) is 0 Å². The van der Waals surface area contributed by atoms with Gasteiger partial charge < -0.3 is 5.11 Å². The molecule has 1 fully saturated rings. The van der Waals surface area contributed by atoms with Gasteiger partial charge >= 0.3 is 5.97 Å². The van der Waals surface area contributed by atoms with Crippen LogP contribution in [0.4, 0.5) is 0 Å². The zero-order chi connectivity index (χ0) is 15.3. The van der Waals surface area contributed by atoms with E-state index in [9.17, 15) is 19.5 Å². The first-order valence-corrected chi connectivity index (χ1v) is 6.38. The van der Waals surface area contributed by atoms with Crippen LogP contribution in [-0.2, 0) is 14.4 Å². The molecule has 0 saturated carbocycles. The number of aliphatic imine (C=N–C) groups is 2. The van der Waals surface area contributed by atoms with Crippen LogP contribution in [0.15, 0.2) is 9.98 Å². The van der Waals surface area contributed by atoms with Crippen molar-refractivity contribution in [2.45, 2.75) is 32.2 Å². The van der Waals surface area contributed by atoms with E-state index < -0.39 is 23.8 Å².